The summed E-state index contributed by atoms with van der Waals surface area (Å²) in [4.78, 5) is 0. The highest BCUT2D eigenvalue weighted by Crippen LogP contribution is 2.34. The summed E-state index contributed by atoms with van der Waals surface area (Å²) in [6.07, 6.45) is 1.77. The summed E-state index contributed by atoms with van der Waals surface area (Å²) < 4.78 is 13.4. The van der Waals surface area contributed by atoms with Gasteiger partial charge in [0.05, 0.1) is 17.8 Å². The fraction of sp³-hybridized carbons (Fsp3) is 0.0476. The number of hydrogen-bond acceptors (Lipinski definition) is 2. The highest BCUT2D eigenvalue weighted by molar-refractivity contribution is 5.84. The predicted octanol–water partition coefficient (Wildman–Crippen LogP) is 4.95. The van der Waals surface area contributed by atoms with Gasteiger partial charge >= 0.3 is 0 Å². The van der Waals surface area contributed by atoms with Gasteiger partial charge < -0.3 is 0 Å². The third-order valence-corrected chi connectivity index (χ3v) is 4.21. The third kappa shape index (κ3) is 2.65. The second-order valence-electron chi connectivity index (χ2n) is 5.71. The Kier molecular flexibility index (Phi) is 3.75. The second-order valence-corrected chi connectivity index (χ2v) is 5.71. The summed E-state index contributed by atoms with van der Waals surface area (Å²) in [6, 6.07) is 24.8. The molecule has 0 spiro atoms. The zero-order valence-electron chi connectivity index (χ0n) is 12.9. The Bertz CT molecular complexity index is 960. The molecule has 0 bridgehead atoms. The fourth-order valence-electron chi connectivity index (χ4n) is 3.07. The van der Waals surface area contributed by atoms with E-state index in [1.165, 1.54) is 12.1 Å². The molecule has 0 fully saturated rings. The van der Waals surface area contributed by atoms with Gasteiger partial charge in [0, 0.05) is 10.8 Å². The lowest BCUT2D eigenvalue weighted by atomic mass is 9.86. The van der Waals surface area contributed by atoms with Gasteiger partial charge in [0.25, 0.3) is 0 Å². The van der Waals surface area contributed by atoms with E-state index in [1.54, 1.807) is 6.20 Å². The number of benzene rings is 3. The Hall–Kier alpha value is -3.07. The van der Waals surface area contributed by atoms with Crippen molar-refractivity contribution in [2.75, 3.05) is 0 Å². The van der Waals surface area contributed by atoms with Crippen molar-refractivity contribution >= 4 is 10.8 Å². The van der Waals surface area contributed by atoms with Gasteiger partial charge in [0.1, 0.15) is 5.82 Å². The molecule has 116 valence electrons. The van der Waals surface area contributed by atoms with Crippen molar-refractivity contribution in [1.29, 1.82) is 0 Å². The molecule has 3 aromatic carbocycles. The molecule has 3 heteroatoms. The summed E-state index contributed by atoms with van der Waals surface area (Å²) in [5, 5.41) is 10.7. The average molecular weight is 314 g/mol. The summed E-state index contributed by atoms with van der Waals surface area (Å²) in [5.74, 6) is -0.333. The minimum atomic E-state index is -0.241. The van der Waals surface area contributed by atoms with Crippen LogP contribution in [0.25, 0.3) is 10.8 Å². The van der Waals surface area contributed by atoms with Gasteiger partial charge in [0.15, 0.2) is 0 Å². The van der Waals surface area contributed by atoms with Gasteiger partial charge in [-0.05, 0) is 23.3 Å². The van der Waals surface area contributed by atoms with E-state index in [9.17, 15) is 4.39 Å². The van der Waals surface area contributed by atoms with Crippen LogP contribution in [0.1, 0.15) is 22.7 Å². The zero-order valence-corrected chi connectivity index (χ0v) is 12.9. The van der Waals surface area contributed by atoms with Crippen molar-refractivity contribution in [3.8, 4) is 0 Å². The number of aromatic nitrogens is 2. The van der Waals surface area contributed by atoms with E-state index < -0.39 is 0 Å². The fourth-order valence-corrected chi connectivity index (χ4v) is 3.07. The first-order valence-electron chi connectivity index (χ1n) is 7.83. The Morgan fingerprint density at radius 2 is 1.38 bits per heavy atom. The molecule has 0 saturated carbocycles. The first-order valence-corrected chi connectivity index (χ1v) is 7.83. The predicted molar refractivity (Wildman–Crippen MR) is 93.3 cm³/mol. The van der Waals surface area contributed by atoms with Gasteiger partial charge in [-0.1, -0.05) is 66.7 Å². The Morgan fingerprint density at radius 3 is 2.17 bits per heavy atom. The van der Waals surface area contributed by atoms with Gasteiger partial charge in [0.2, 0.25) is 0 Å². The van der Waals surface area contributed by atoms with Gasteiger partial charge in [-0.25, -0.2) is 4.39 Å². The molecule has 1 unspecified atom stereocenters. The Morgan fingerprint density at radius 1 is 0.708 bits per heavy atom. The van der Waals surface area contributed by atoms with Crippen LogP contribution >= 0.6 is 0 Å². The van der Waals surface area contributed by atoms with Crippen LogP contribution in [0, 0.1) is 5.82 Å². The molecule has 0 aliphatic heterocycles. The van der Waals surface area contributed by atoms with Crippen LogP contribution in [-0.2, 0) is 0 Å². The molecule has 0 radical (unpaired) electrons. The Balaban J connectivity index is 1.97. The van der Waals surface area contributed by atoms with Crippen LogP contribution in [0.2, 0.25) is 0 Å². The molecular formula is C21H15FN2. The third-order valence-electron chi connectivity index (χ3n) is 4.21. The molecule has 24 heavy (non-hydrogen) atoms. The molecule has 0 N–H and O–H groups in total. The van der Waals surface area contributed by atoms with Crippen LogP contribution in [0.5, 0.6) is 0 Å². The number of nitrogens with zero attached hydrogens (tertiary/aromatic N) is 2. The van der Waals surface area contributed by atoms with Crippen molar-refractivity contribution < 1.29 is 4.39 Å². The first kappa shape index (κ1) is 14.5. The van der Waals surface area contributed by atoms with E-state index in [1.807, 2.05) is 48.5 Å². The van der Waals surface area contributed by atoms with Gasteiger partial charge in [-0.15, -0.1) is 0 Å². The SMILES string of the molecule is Fc1ccc(C(c2ccccc2)c2nncc3ccccc23)cc1. The maximum absolute atomic E-state index is 13.4. The lowest BCUT2D eigenvalue weighted by Gasteiger charge is -2.19. The van der Waals surface area contributed by atoms with Gasteiger partial charge in [-0.3, -0.25) is 0 Å². The molecule has 0 saturated heterocycles. The zero-order chi connectivity index (χ0) is 16.4. The van der Waals surface area contributed by atoms with Crippen molar-refractivity contribution in [2.24, 2.45) is 0 Å². The van der Waals surface area contributed by atoms with E-state index in [-0.39, 0.29) is 11.7 Å². The molecule has 4 rings (SSSR count). The van der Waals surface area contributed by atoms with Crippen molar-refractivity contribution in [3.05, 3.63) is 108 Å². The molecule has 4 aromatic rings. The van der Waals surface area contributed by atoms with E-state index in [4.69, 9.17) is 0 Å². The van der Waals surface area contributed by atoms with Crippen LogP contribution in [0.15, 0.2) is 85.1 Å². The number of fused-ring (bicyclic) bond motifs is 1. The number of hydrogen-bond donors (Lipinski definition) is 0. The molecule has 0 aliphatic rings. The summed E-state index contributed by atoms with van der Waals surface area (Å²) >= 11 is 0. The van der Waals surface area contributed by atoms with E-state index >= 15 is 0 Å². The molecule has 0 aliphatic carbocycles. The first-order chi connectivity index (χ1) is 11.8. The minimum absolute atomic E-state index is 0.0922. The lowest BCUT2D eigenvalue weighted by molar-refractivity contribution is 0.626. The smallest absolute Gasteiger partial charge is 0.123 e. The van der Waals surface area contributed by atoms with Crippen LogP contribution in [-0.4, -0.2) is 10.2 Å². The van der Waals surface area contributed by atoms with Crippen molar-refractivity contribution in [1.82, 2.24) is 10.2 Å². The van der Waals surface area contributed by atoms with Crippen molar-refractivity contribution in [2.45, 2.75) is 5.92 Å². The highest BCUT2D eigenvalue weighted by atomic mass is 19.1. The largest absolute Gasteiger partial charge is 0.207 e. The van der Waals surface area contributed by atoms with E-state index in [0.717, 1.165) is 27.6 Å². The quantitative estimate of drug-likeness (QED) is 0.535. The number of halogens is 1. The van der Waals surface area contributed by atoms with Crippen molar-refractivity contribution in [3.63, 3.8) is 0 Å². The summed E-state index contributed by atoms with van der Waals surface area (Å²) in [5.41, 5.74) is 2.98. The van der Waals surface area contributed by atoms with Crippen LogP contribution < -0.4 is 0 Å². The molecule has 1 atom stereocenters. The minimum Gasteiger partial charge on any atom is -0.207 e. The molecule has 2 nitrogen and oxygen atoms in total. The second kappa shape index (κ2) is 6.20. The normalized spacial score (nSPS) is 12.2. The molecule has 0 amide bonds. The molecule has 1 heterocycles. The topological polar surface area (TPSA) is 25.8 Å². The molecular weight excluding hydrogens is 299 g/mol. The van der Waals surface area contributed by atoms with Gasteiger partial charge in [-0.2, -0.15) is 10.2 Å². The summed E-state index contributed by atoms with van der Waals surface area (Å²) in [6.45, 7) is 0. The van der Waals surface area contributed by atoms with E-state index in [0.29, 0.717) is 0 Å². The standard InChI is InChI=1S/C21H15FN2/c22-18-12-10-16(11-13-18)20(15-6-2-1-3-7-15)21-19-9-5-4-8-17(19)14-23-24-21/h1-14,20H. The Labute approximate surface area is 139 Å². The average Bonchev–Trinajstić information content (AvgIpc) is 2.65. The highest BCUT2D eigenvalue weighted by Gasteiger charge is 2.21. The number of rotatable bonds is 3. The maximum atomic E-state index is 13.4. The maximum Gasteiger partial charge on any atom is 0.123 e. The van der Waals surface area contributed by atoms with Crippen LogP contribution in [0.3, 0.4) is 0 Å². The molecule has 1 aromatic heterocycles. The monoisotopic (exact) mass is 314 g/mol. The lowest BCUT2D eigenvalue weighted by Crippen LogP contribution is -2.07. The van der Waals surface area contributed by atoms with Crippen LogP contribution in [0.4, 0.5) is 4.39 Å². The summed E-state index contributed by atoms with van der Waals surface area (Å²) in [7, 11) is 0. The van der Waals surface area contributed by atoms with E-state index in [2.05, 4.69) is 28.4 Å².